The van der Waals surface area contributed by atoms with Crippen LogP contribution in [0.3, 0.4) is 0 Å². The van der Waals surface area contributed by atoms with E-state index in [-0.39, 0.29) is 30.0 Å². The maximum Gasteiger partial charge on any atom is 0.241 e. The van der Waals surface area contributed by atoms with Gasteiger partial charge >= 0.3 is 0 Å². The Hall–Kier alpha value is -1.17. The summed E-state index contributed by atoms with van der Waals surface area (Å²) in [5.41, 5.74) is 6.35. The highest BCUT2D eigenvalue weighted by molar-refractivity contribution is 5.94. The first kappa shape index (κ1) is 15.9. The molecule has 0 saturated carbocycles. The summed E-state index contributed by atoms with van der Waals surface area (Å²) in [5.74, 6) is -0.521. The molecule has 1 aliphatic rings. The molecule has 1 fully saturated rings. The van der Waals surface area contributed by atoms with Gasteiger partial charge in [0.25, 0.3) is 0 Å². The molecular formula is C13H18ClFN2O2. The lowest BCUT2D eigenvalue weighted by atomic mass is 9.92. The topological polar surface area (TPSA) is 64.4 Å². The molecule has 2 rings (SSSR count). The average Bonchev–Trinajstić information content (AvgIpc) is 2.39. The van der Waals surface area contributed by atoms with Gasteiger partial charge in [0.1, 0.15) is 5.82 Å². The first-order chi connectivity index (χ1) is 8.66. The van der Waals surface area contributed by atoms with Crippen molar-refractivity contribution in [3.63, 3.8) is 0 Å². The second kappa shape index (κ2) is 7.43. The Morgan fingerprint density at radius 2 is 2.11 bits per heavy atom. The average molecular weight is 289 g/mol. The molecule has 1 aromatic carbocycles. The molecule has 1 atom stereocenters. The fourth-order valence-corrected chi connectivity index (χ4v) is 2.08. The van der Waals surface area contributed by atoms with Crippen molar-refractivity contribution in [2.24, 2.45) is 11.7 Å². The highest BCUT2D eigenvalue weighted by atomic mass is 35.5. The van der Waals surface area contributed by atoms with Crippen molar-refractivity contribution in [3.05, 3.63) is 30.1 Å². The summed E-state index contributed by atoms with van der Waals surface area (Å²) in [6.45, 7) is 1.29. The van der Waals surface area contributed by atoms with Gasteiger partial charge in [-0.25, -0.2) is 4.39 Å². The summed E-state index contributed by atoms with van der Waals surface area (Å²) in [7, 11) is 0. The fourth-order valence-electron chi connectivity index (χ4n) is 2.08. The number of anilines is 1. The zero-order chi connectivity index (χ0) is 13.0. The third kappa shape index (κ3) is 4.45. The number of nitrogens with one attached hydrogen (secondary N) is 1. The van der Waals surface area contributed by atoms with E-state index in [1.807, 2.05) is 0 Å². The second-order valence-corrected chi connectivity index (χ2v) is 4.48. The van der Waals surface area contributed by atoms with Crippen LogP contribution in [0.15, 0.2) is 24.3 Å². The number of amides is 1. The van der Waals surface area contributed by atoms with Gasteiger partial charge in [-0.2, -0.15) is 0 Å². The van der Waals surface area contributed by atoms with Crippen molar-refractivity contribution in [1.82, 2.24) is 0 Å². The lowest BCUT2D eigenvalue weighted by Gasteiger charge is -2.26. The molecule has 106 valence electrons. The monoisotopic (exact) mass is 288 g/mol. The molecule has 0 radical (unpaired) electrons. The molecule has 0 aliphatic carbocycles. The SMILES string of the molecule is Cl.NC(C(=O)Nc1cccc(F)c1)C1CCOCC1. The van der Waals surface area contributed by atoms with E-state index in [0.717, 1.165) is 12.8 Å². The van der Waals surface area contributed by atoms with Gasteiger partial charge in [0.15, 0.2) is 0 Å². The largest absolute Gasteiger partial charge is 0.381 e. The lowest BCUT2D eigenvalue weighted by molar-refractivity contribution is -0.119. The molecular weight excluding hydrogens is 271 g/mol. The van der Waals surface area contributed by atoms with E-state index in [4.69, 9.17) is 10.5 Å². The van der Waals surface area contributed by atoms with Gasteiger partial charge in [-0.05, 0) is 37.0 Å². The van der Waals surface area contributed by atoms with Gasteiger partial charge < -0.3 is 15.8 Å². The van der Waals surface area contributed by atoms with E-state index < -0.39 is 6.04 Å². The number of nitrogens with two attached hydrogens (primary N) is 1. The van der Waals surface area contributed by atoms with Gasteiger partial charge in [0, 0.05) is 18.9 Å². The minimum absolute atomic E-state index is 0. The van der Waals surface area contributed by atoms with Crippen molar-refractivity contribution in [2.45, 2.75) is 18.9 Å². The third-order valence-electron chi connectivity index (χ3n) is 3.17. The van der Waals surface area contributed by atoms with Crippen LogP contribution in [0.2, 0.25) is 0 Å². The molecule has 1 saturated heterocycles. The molecule has 1 aromatic rings. The number of ether oxygens (including phenoxy) is 1. The minimum Gasteiger partial charge on any atom is -0.381 e. The highest BCUT2D eigenvalue weighted by Crippen LogP contribution is 2.19. The lowest BCUT2D eigenvalue weighted by Crippen LogP contribution is -2.44. The maximum absolute atomic E-state index is 13.0. The number of halogens is 2. The van der Waals surface area contributed by atoms with Crippen LogP contribution in [0.1, 0.15) is 12.8 Å². The number of rotatable bonds is 3. The summed E-state index contributed by atoms with van der Waals surface area (Å²) in [4.78, 5) is 11.9. The van der Waals surface area contributed by atoms with E-state index in [9.17, 15) is 9.18 Å². The first-order valence-electron chi connectivity index (χ1n) is 6.06. The second-order valence-electron chi connectivity index (χ2n) is 4.48. The van der Waals surface area contributed by atoms with Gasteiger partial charge in [-0.3, -0.25) is 4.79 Å². The number of hydrogen-bond acceptors (Lipinski definition) is 3. The zero-order valence-electron chi connectivity index (χ0n) is 10.5. The van der Waals surface area contributed by atoms with E-state index in [2.05, 4.69) is 5.32 Å². The Morgan fingerprint density at radius 3 is 2.74 bits per heavy atom. The van der Waals surface area contributed by atoms with Gasteiger partial charge in [0.2, 0.25) is 5.91 Å². The number of carbonyl (C=O) groups excluding carboxylic acids is 1. The van der Waals surface area contributed by atoms with Crippen molar-refractivity contribution in [1.29, 1.82) is 0 Å². The smallest absolute Gasteiger partial charge is 0.241 e. The molecule has 6 heteroatoms. The number of benzene rings is 1. The predicted octanol–water partition coefficient (Wildman–Crippen LogP) is 1.94. The van der Waals surface area contributed by atoms with Crippen LogP contribution in [-0.2, 0) is 9.53 Å². The van der Waals surface area contributed by atoms with Gasteiger partial charge in [-0.1, -0.05) is 6.07 Å². The van der Waals surface area contributed by atoms with E-state index >= 15 is 0 Å². The van der Waals surface area contributed by atoms with Crippen LogP contribution in [0.5, 0.6) is 0 Å². The Labute approximate surface area is 117 Å². The highest BCUT2D eigenvalue weighted by Gasteiger charge is 2.26. The van der Waals surface area contributed by atoms with Crippen LogP contribution in [0.4, 0.5) is 10.1 Å². The van der Waals surface area contributed by atoms with Gasteiger partial charge in [0.05, 0.1) is 6.04 Å². The predicted molar refractivity (Wildman–Crippen MR) is 73.8 cm³/mol. The number of hydrogen-bond donors (Lipinski definition) is 2. The molecule has 4 nitrogen and oxygen atoms in total. The summed E-state index contributed by atoms with van der Waals surface area (Å²) >= 11 is 0. The summed E-state index contributed by atoms with van der Waals surface area (Å²) < 4.78 is 18.2. The normalized spacial score (nSPS) is 17.4. The molecule has 19 heavy (non-hydrogen) atoms. The van der Waals surface area contributed by atoms with Crippen molar-refractivity contribution >= 4 is 24.0 Å². The molecule has 3 N–H and O–H groups in total. The Morgan fingerprint density at radius 1 is 1.42 bits per heavy atom. The molecule has 1 amide bonds. The van der Waals surface area contributed by atoms with Crippen LogP contribution < -0.4 is 11.1 Å². The number of carbonyl (C=O) groups is 1. The van der Waals surface area contributed by atoms with Crippen molar-refractivity contribution in [2.75, 3.05) is 18.5 Å². The van der Waals surface area contributed by atoms with Crippen molar-refractivity contribution < 1.29 is 13.9 Å². The minimum atomic E-state index is -0.572. The standard InChI is InChI=1S/C13H17FN2O2.ClH/c14-10-2-1-3-11(8-10)16-13(17)12(15)9-4-6-18-7-5-9;/h1-3,8-9,12H,4-7,15H2,(H,16,17);1H. The summed E-state index contributed by atoms with van der Waals surface area (Å²) in [5, 5.41) is 2.64. The Bertz CT molecular complexity index is 425. The van der Waals surface area contributed by atoms with Crippen LogP contribution in [-0.4, -0.2) is 25.2 Å². The molecule has 1 unspecified atom stereocenters. The van der Waals surface area contributed by atoms with E-state index in [1.165, 1.54) is 12.1 Å². The molecule has 0 bridgehead atoms. The van der Waals surface area contributed by atoms with E-state index in [0.29, 0.717) is 18.9 Å². The van der Waals surface area contributed by atoms with Gasteiger partial charge in [-0.15, -0.1) is 12.4 Å². The molecule has 1 heterocycles. The van der Waals surface area contributed by atoms with Crippen LogP contribution >= 0.6 is 12.4 Å². The Kier molecular flexibility index (Phi) is 6.21. The van der Waals surface area contributed by atoms with Crippen molar-refractivity contribution in [3.8, 4) is 0 Å². The van der Waals surface area contributed by atoms with E-state index in [1.54, 1.807) is 12.1 Å². The molecule has 0 spiro atoms. The van der Waals surface area contributed by atoms with Crippen LogP contribution in [0.25, 0.3) is 0 Å². The molecule has 1 aliphatic heterocycles. The fraction of sp³-hybridized carbons (Fsp3) is 0.462. The summed E-state index contributed by atoms with van der Waals surface area (Å²) in [6.07, 6.45) is 1.58. The Balaban J connectivity index is 0.00000180. The molecule has 0 aromatic heterocycles. The zero-order valence-corrected chi connectivity index (χ0v) is 11.3. The quantitative estimate of drug-likeness (QED) is 0.893. The third-order valence-corrected chi connectivity index (χ3v) is 3.17. The maximum atomic E-state index is 13.0. The first-order valence-corrected chi connectivity index (χ1v) is 6.06. The summed E-state index contributed by atoms with van der Waals surface area (Å²) in [6, 6.07) is 5.21. The van der Waals surface area contributed by atoms with Crippen LogP contribution in [0, 0.1) is 11.7 Å².